The molecule has 2 heteroatoms. The molecule has 0 aromatic rings. The molecule has 1 atom stereocenters. The maximum atomic E-state index is 11.9. The normalized spacial score (nSPS) is 14.7. The van der Waals surface area contributed by atoms with Gasteiger partial charge >= 0.3 is 0 Å². The van der Waals surface area contributed by atoms with Crippen molar-refractivity contribution in [2.75, 3.05) is 0 Å². The highest BCUT2D eigenvalue weighted by molar-refractivity contribution is 4.95. The summed E-state index contributed by atoms with van der Waals surface area (Å²) < 4.78 is 11.9. The van der Waals surface area contributed by atoms with Crippen LogP contribution in [0.4, 0.5) is 4.53 Å². The summed E-state index contributed by atoms with van der Waals surface area (Å²) in [6, 6.07) is 0. The minimum Gasteiger partial charge on any atom is -0.299 e. The highest BCUT2D eigenvalue weighted by atomic mass is 19.3. The number of hydrogen-bond acceptors (Lipinski definition) is 1. The minimum atomic E-state index is 0.259. The van der Waals surface area contributed by atoms with Gasteiger partial charge < -0.3 is 0 Å². The Kier molecular flexibility index (Phi) is 5.90. The molecule has 0 saturated carbocycles. The zero-order chi connectivity index (χ0) is 8.69. The molecular weight excluding hydrogens is 143 g/mol. The van der Waals surface area contributed by atoms with Gasteiger partial charge in [0.05, 0.1) is 0 Å². The molecule has 11 heavy (non-hydrogen) atoms. The first kappa shape index (κ1) is 10.5. The SMILES string of the molecule is C/C=C(\OF)C(CC)CCC. The van der Waals surface area contributed by atoms with Crippen molar-refractivity contribution in [3.8, 4) is 0 Å². The average Bonchev–Trinajstić information content (AvgIpc) is 2.05. The zero-order valence-electron chi connectivity index (χ0n) is 7.56. The van der Waals surface area contributed by atoms with Gasteiger partial charge in [0.15, 0.2) is 0 Å². The van der Waals surface area contributed by atoms with E-state index in [1.54, 1.807) is 13.0 Å². The fourth-order valence-corrected chi connectivity index (χ4v) is 1.24. The van der Waals surface area contributed by atoms with Crippen LogP contribution in [-0.4, -0.2) is 0 Å². The molecule has 0 rings (SSSR count). The summed E-state index contributed by atoms with van der Waals surface area (Å²) in [5.74, 6) is 0.740. The molecule has 0 bridgehead atoms. The Balaban J connectivity index is 3.99. The van der Waals surface area contributed by atoms with Crippen LogP contribution >= 0.6 is 0 Å². The predicted octanol–water partition coefficient (Wildman–Crippen LogP) is 3.62. The van der Waals surface area contributed by atoms with Crippen molar-refractivity contribution in [1.29, 1.82) is 0 Å². The Morgan fingerprint density at radius 3 is 2.45 bits per heavy atom. The van der Waals surface area contributed by atoms with Crippen molar-refractivity contribution >= 4 is 0 Å². The standard InChI is InChI=1S/C9H17FO/c1-4-7-8(5-2)9(6-3)11-10/h6,8H,4-5,7H2,1-3H3/b9-6-. The second-order valence-electron chi connectivity index (χ2n) is 2.66. The predicted molar refractivity (Wildman–Crippen MR) is 44.6 cm³/mol. The molecule has 0 radical (unpaired) electrons. The van der Waals surface area contributed by atoms with Crippen LogP contribution in [0.15, 0.2) is 11.8 Å². The van der Waals surface area contributed by atoms with Crippen LogP contribution in [-0.2, 0) is 4.94 Å². The van der Waals surface area contributed by atoms with E-state index in [2.05, 4.69) is 11.9 Å². The fourth-order valence-electron chi connectivity index (χ4n) is 1.24. The first-order chi connectivity index (χ1) is 5.29. The van der Waals surface area contributed by atoms with Crippen LogP contribution in [0.3, 0.4) is 0 Å². The Labute approximate surface area is 68.1 Å². The molecule has 0 aliphatic heterocycles. The lowest BCUT2D eigenvalue weighted by Crippen LogP contribution is -2.02. The molecule has 0 aliphatic carbocycles. The zero-order valence-corrected chi connectivity index (χ0v) is 7.56. The van der Waals surface area contributed by atoms with Crippen LogP contribution in [0, 0.1) is 5.92 Å². The molecule has 0 fully saturated rings. The third-order valence-electron chi connectivity index (χ3n) is 1.91. The molecule has 0 heterocycles. The smallest absolute Gasteiger partial charge is 0.147 e. The van der Waals surface area contributed by atoms with Gasteiger partial charge in [-0.2, -0.15) is 0 Å². The molecular formula is C9H17FO. The van der Waals surface area contributed by atoms with Gasteiger partial charge in [-0.05, 0) is 25.8 Å². The molecule has 66 valence electrons. The van der Waals surface area contributed by atoms with E-state index in [1.807, 2.05) is 6.92 Å². The van der Waals surface area contributed by atoms with Crippen LogP contribution in [0.25, 0.3) is 0 Å². The van der Waals surface area contributed by atoms with Gasteiger partial charge in [0.2, 0.25) is 0 Å². The lowest BCUT2D eigenvalue weighted by molar-refractivity contribution is -0.0969. The third kappa shape index (κ3) is 3.40. The highest BCUT2D eigenvalue weighted by Crippen LogP contribution is 2.21. The summed E-state index contributed by atoms with van der Waals surface area (Å²) in [7, 11) is 0. The van der Waals surface area contributed by atoms with E-state index >= 15 is 0 Å². The molecule has 0 aromatic carbocycles. The summed E-state index contributed by atoms with van der Waals surface area (Å²) in [6.45, 7) is 5.93. The van der Waals surface area contributed by atoms with E-state index in [-0.39, 0.29) is 5.92 Å². The Morgan fingerprint density at radius 2 is 2.18 bits per heavy atom. The number of allylic oxidation sites excluding steroid dienone is 2. The van der Waals surface area contributed by atoms with Crippen molar-refractivity contribution < 1.29 is 9.47 Å². The average molecular weight is 160 g/mol. The molecule has 0 saturated heterocycles. The highest BCUT2D eigenvalue weighted by Gasteiger charge is 2.12. The summed E-state index contributed by atoms with van der Waals surface area (Å²) in [6.07, 6.45) is 4.71. The van der Waals surface area contributed by atoms with E-state index < -0.39 is 0 Å². The van der Waals surface area contributed by atoms with E-state index in [4.69, 9.17) is 0 Å². The monoisotopic (exact) mass is 160 g/mol. The topological polar surface area (TPSA) is 9.23 Å². The number of hydrogen-bond donors (Lipinski definition) is 0. The van der Waals surface area contributed by atoms with Crippen LogP contribution < -0.4 is 0 Å². The third-order valence-corrected chi connectivity index (χ3v) is 1.91. The molecule has 1 unspecified atom stereocenters. The molecule has 0 aliphatic rings. The first-order valence-corrected chi connectivity index (χ1v) is 4.24. The molecule has 1 nitrogen and oxygen atoms in total. The van der Waals surface area contributed by atoms with Crippen molar-refractivity contribution in [3.63, 3.8) is 0 Å². The van der Waals surface area contributed by atoms with E-state index in [0.717, 1.165) is 19.3 Å². The Bertz CT molecular complexity index is 121. The summed E-state index contributed by atoms with van der Waals surface area (Å²) in [5, 5.41) is 0. The van der Waals surface area contributed by atoms with Gasteiger partial charge in [-0.3, -0.25) is 4.94 Å². The van der Waals surface area contributed by atoms with Gasteiger partial charge in [-0.1, -0.05) is 20.3 Å². The lowest BCUT2D eigenvalue weighted by atomic mass is 9.98. The Hall–Kier alpha value is -0.530. The van der Waals surface area contributed by atoms with Gasteiger partial charge in [-0.15, -0.1) is 0 Å². The lowest BCUT2D eigenvalue weighted by Gasteiger charge is -2.12. The summed E-state index contributed by atoms with van der Waals surface area (Å²) >= 11 is 0. The molecule has 0 amide bonds. The van der Waals surface area contributed by atoms with Crippen LogP contribution in [0.5, 0.6) is 0 Å². The molecule has 0 N–H and O–H groups in total. The summed E-state index contributed by atoms with van der Waals surface area (Å²) in [5.41, 5.74) is 0. The second kappa shape index (κ2) is 6.20. The van der Waals surface area contributed by atoms with E-state index in [0.29, 0.717) is 5.76 Å². The number of rotatable bonds is 5. The number of halogens is 1. The quantitative estimate of drug-likeness (QED) is 0.558. The minimum absolute atomic E-state index is 0.259. The van der Waals surface area contributed by atoms with E-state index in [1.165, 1.54) is 0 Å². The van der Waals surface area contributed by atoms with E-state index in [9.17, 15) is 4.53 Å². The van der Waals surface area contributed by atoms with Crippen molar-refractivity contribution in [3.05, 3.63) is 11.8 Å². The van der Waals surface area contributed by atoms with Crippen molar-refractivity contribution in [2.45, 2.75) is 40.0 Å². The van der Waals surface area contributed by atoms with Gasteiger partial charge in [0.1, 0.15) is 5.76 Å². The fraction of sp³-hybridized carbons (Fsp3) is 0.778. The maximum absolute atomic E-state index is 11.9. The summed E-state index contributed by atoms with van der Waals surface area (Å²) in [4.78, 5) is 3.77. The van der Waals surface area contributed by atoms with Gasteiger partial charge in [-0.25, -0.2) is 0 Å². The Morgan fingerprint density at radius 1 is 1.55 bits per heavy atom. The first-order valence-electron chi connectivity index (χ1n) is 4.24. The van der Waals surface area contributed by atoms with Crippen LogP contribution in [0.2, 0.25) is 0 Å². The van der Waals surface area contributed by atoms with Gasteiger partial charge in [0.25, 0.3) is 0 Å². The maximum Gasteiger partial charge on any atom is 0.147 e. The second-order valence-corrected chi connectivity index (χ2v) is 2.66. The van der Waals surface area contributed by atoms with Crippen LogP contribution in [0.1, 0.15) is 40.0 Å². The molecule has 0 spiro atoms. The molecule has 0 aromatic heterocycles. The van der Waals surface area contributed by atoms with Crippen molar-refractivity contribution in [1.82, 2.24) is 0 Å². The van der Waals surface area contributed by atoms with Gasteiger partial charge in [0, 0.05) is 10.4 Å². The largest absolute Gasteiger partial charge is 0.299 e. The van der Waals surface area contributed by atoms with Crippen molar-refractivity contribution in [2.24, 2.45) is 5.92 Å².